The Morgan fingerprint density at radius 3 is 2.73 bits per heavy atom. The molecule has 0 amide bonds. The summed E-state index contributed by atoms with van der Waals surface area (Å²) in [5.41, 5.74) is 2.82. The fraction of sp³-hybridized carbons (Fsp3) is 0.182. The average Bonchev–Trinajstić information content (AvgIpc) is 3.20. The molecule has 0 saturated carbocycles. The Bertz CT molecular complexity index is 1270. The average molecular weight is 492 g/mol. The zero-order chi connectivity index (χ0) is 22.5. The number of halogens is 3. The molecule has 4 rings (SSSR count). The predicted octanol–water partition coefficient (Wildman–Crippen LogP) is 4.29. The van der Waals surface area contributed by atoms with E-state index < -0.39 is 5.76 Å². The fourth-order valence-electron chi connectivity index (χ4n) is 3.21. The molecule has 0 aliphatic carbocycles. The van der Waals surface area contributed by atoms with Gasteiger partial charge in [0, 0.05) is 35.2 Å². The normalized spacial score (nSPS) is 10.5. The second kappa shape index (κ2) is 10.9. The number of anilines is 1. The van der Waals surface area contributed by atoms with Gasteiger partial charge in [0.15, 0.2) is 5.82 Å². The number of ether oxygens (including phenoxy) is 1. The number of benzene rings is 2. The smallest absolute Gasteiger partial charge is 0.438 e. The van der Waals surface area contributed by atoms with Crippen molar-refractivity contribution >= 4 is 29.8 Å². The summed E-state index contributed by atoms with van der Waals surface area (Å²) in [5, 5.41) is 7.25. The van der Waals surface area contributed by atoms with Gasteiger partial charge in [-0.05, 0) is 30.2 Å². The van der Waals surface area contributed by atoms with Crippen molar-refractivity contribution in [2.24, 2.45) is 0 Å². The minimum absolute atomic E-state index is 0. The van der Waals surface area contributed by atoms with Crippen molar-refractivity contribution in [3.05, 3.63) is 86.9 Å². The van der Waals surface area contributed by atoms with Crippen LogP contribution in [0.3, 0.4) is 0 Å². The first-order valence-electron chi connectivity index (χ1n) is 9.76. The summed E-state index contributed by atoms with van der Waals surface area (Å²) in [4.78, 5) is 22.4. The van der Waals surface area contributed by atoms with Crippen LogP contribution in [0.4, 0.5) is 10.2 Å². The van der Waals surface area contributed by atoms with Gasteiger partial charge in [0.1, 0.15) is 11.6 Å². The molecule has 0 fully saturated rings. The van der Waals surface area contributed by atoms with E-state index in [-0.39, 0.29) is 24.2 Å². The molecule has 4 aromatic rings. The molecule has 0 spiro atoms. The Hall–Kier alpha value is -3.43. The quantitative estimate of drug-likeness (QED) is 0.378. The van der Waals surface area contributed by atoms with Crippen LogP contribution in [-0.4, -0.2) is 33.8 Å². The first-order chi connectivity index (χ1) is 15.5. The number of hydrogen-bond acceptors (Lipinski definition) is 7. The summed E-state index contributed by atoms with van der Waals surface area (Å²) >= 11 is 6.10. The molecule has 0 aliphatic rings. The van der Waals surface area contributed by atoms with Crippen molar-refractivity contribution in [1.82, 2.24) is 20.1 Å². The highest BCUT2D eigenvalue weighted by molar-refractivity contribution is 6.31. The zero-order valence-electron chi connectivity index (χ0n) is 17.5. The number of nitrogens with one attached hydrogen (secondary N) is 2. The fourth-order valence-corrected chi connectivity index (χ4v) is 3.47. The lowest BCUT2D eigenvalue weighted by atomic mass is 10.1. The molecule has 33 heavy (non-hydrogen) atoms. The van der Waals surface area contributed by atoms with Gasteiger partial charge in [-0.15, -0.1) is 12.4 Å². The lowest BCUT2D eigenvalue weighted by Gasteiger charge is -2.11. The summed E-state index contributed by atoms with van der Waals surface area (Å²) in [6.45, 7) is 0.416. The van der Waals surface area contributed by atoms with Crippen LogP contribution in [0.2, 0.25) is 5.02 Å². The maximum absolute atomic E-state index is 14.0. The van der Waals surface area contributed by atoms with E-state index in [0.29, 0.717) is 47.3 Å². The van der Waals surface area contributed by atoms with Crippen molar-refractivity contribution in [3.8, 4) is 17.3 Å². The number of aromatic amines is 1. The van der Waals surface area contributed by atoms with E-state index in [1.165, 1.54) is 13.2 Å². The Kier molecular flexibility index (Phi) is 8.02. The molecule has 11 heteroatoms. The first kappa shape index (κ1) is 24.2. The third-order valence-electron chi connectivity index (χ3n) is 4.71. The van der Waals surface area contributed by atoms with Crippen LogP contribution in [0.25, 0.3) is 11.3 Å². The Balaban J connectivity index is 0.00000306. The maximum atomic E-state index is 14.0. The van der Waals surface area contributed by atoms with E-state index in [9.17, 15) is 9.18 Å². The number of methoxy groups -OCH3 is 1. The molecule has 172 valence electrons. The van der Waals surface area contributed by atoms with E-state index in [2.05, 4.69) is 29.9 Å². The molecule has 2 aromatic heterocycles. The van der Waals surface area contributed by atoms with Gasteiger partial charge in [-0.1, -0.05) is 41.0 Å². The van der Waals surface area contributed by atoms with Gasteiger partial charge in [-0.3, -0.25) is 9.51 Å². The third-order valence-corrected chi connectivity index (χ3v) is 5.06. The van der Waals surface area contributed by atoms with Gasteiger partial charge < -0.3 is 10.1 Å². The van der Waals surface area contributed by atoms with Crippen LogP contribution in [0.5, 0.6) is 6.01 Å². The molecule has 0 bridgehead atoms. The highest BCUT2D eigenvalue weighted by Gasteiger charge is 2.11. The monoisotopic (exact) mass is 491 g/mol. The molecule has 2 N–H and O–H groups in total. The summed E-state index contributed by atoms with van der Waals surface area (Å²) in [7, 11) is 1.49. The molecule has 0 radical (unpaired) electrons. The molecule has 2 heterocycles. The standard InChI is InChI=1S/C22H19ClFN5O3.ClH/c1-31-21-26-18(14-5-2-4-13(10-14)11-20-28-22(30)32-29-20)12-19(27-21)25-9-8-15-16(23)6-3-7-17(15)24;/h2-7,10,12H,8-9,11H2,1H3,(H,25,26,27)(H,28,29,30);1H. The van der Waals surface area contributed by atoms with Crippen molar-refractivity contribution in [2.75, 3.05) is 19.0 Å². The SMILES string of the molecule is COc1nc(NCCc2c(F)cccc2Cl)cc(-c2cccc(Cc3noc(=O)[nH]3)c2)n1.Cl. The summed E-state index contributed by atoms with van der Waals surface area (Å²) < 4.78 is 23.8. The lowest BCUT2D eigenvalue weighted by molar-refractivity contribution is 0.381. The number of rotatable bonds is 8. The van der Waals surface area contributed by atoms with Gasteiger partial charge in [-0.2, -0.15) is 9.97 Å². The van der Waals surface area contributed by atoms with Crippen molar-refractivity contribution in [3.63, 3.8) is 0 Å². The van der Waals surface area contributed by atoms with E-state index >= 15 is 0 Å². The predicted molar refractivity (Wildman–Crippen MR) is 125 cm³/mol. The highest BCUT2D eigenvalue weighted by atomic mass is 35.5. The Labute approximate surface area is 199 Å². The first-order valence-corrected chi connectivity index (χ1v) is 10.1. The van der Waals surface area contributed by atoms with Crippen LogP contribution < -0.4 is 15.8 Å². The highest BCUT2D eigenvalue weighted by Crippen LogP contribution is 2.24. The van der Waals surface area contributed by atoms with Crippen LogP contribution >= 0.6 is 24.0 Å². The molecule has 0 saturated heterocycles. The van der Waals surface area contributed by atoms with Crippen LogP contribution in [0.15, 0.2) is 57.8 Å². The largest absolute Gasteiger partial charge is 0.467 e. The van der Waals surface area contributed by atoms with Crippen LogP contribution in [-0.2, 0) is 12.8 Å². The van der Waals surface area contributed by atoms with Gasteiger partial charge >= 0.3 is 11.8 Å². The molecule has 0 aliphatic heterocycles. The third kappa shape index (κ3) is 6.09. The number of H-pyrrole nitrogens is 1. The van der Waals surface area contributed by atoms with Crippen molar-refractivity contribution in [1.29, 1.82) is 0 Å². The van der Waals surface area contributed by atoms with E-state index in [1.54, 1.807) is 18.2 Å². The number of nitrogens with zero attached hydrogens (tertiary/aromatic N) is 3. The Morgan fingerprint density at radius 2 is 2.00 bits per heavy atom. The van der Waals surface area contributed by atoms with Gasteiger partial charge in [0.2, 0.25) is 0 Å². The molecular formula is C22H20Cl2FN5O3. The van der Waals surface area contributed by atoms with Crippen LogP contribution in [0, 0.1) is 5.82 Å². The lowest BCUT2D eigenvalue weighted by Crippen LogP contribution is -2.09. The Morgan fingerprint density at radius 1 is 1.18 bits per heavy atom. The van der Waals surface area contributed by atoms with Crippen LogP contribution in [0.1, 0.15) is 17.0 Å². The van der Waals surface area contributed by atoms with Crippen molar-refractivity contribution < 1.29 is 13.7 Å². The van der Waals surface area contributed by atoms with E-state index in [0.717, 1.165) is 11.1 Å². The maximum Gasteiger partial charge on any atom is 0.438 e. The topological polar surface area (TPSA) is 106 Å². The molecule has 2 aromatic carbocycles. The zero-order valence-corrected chi connectivity index (χ0v) is 19.0. The second-order valence-corrected chi connectivity index (χ2v) is 7.33. The van der Waals surface area contributed by atoms with E-state index in [1.807, 2.05) is 24.3 Å². The molecule has 0 unspecified atom stereocenters. The molecular weight excluding hydrogens is 472 g/mol. The minimum atomic E-state index is -0.593. The summed E-state index contributed by atoms with van der Waals surface area (Å²) in [6, 6.07) is 14.2. The van der Waals surface area contributed by atoms with E-state index in [4.69, 9.17) is 16.3 Å². The number of hydrogen-bond donors (Lipinski definition) is 2. The summed E-state index contributed by atoms with van der Waals surface area (Å²) in [5.74, 6) is 0.0294. The molecule has 8 nitrogen and oxygen atoms in total. The number of aromatic nitrogens is 4. The second-order valence-electron chi connectivity index (χ2n) is 6.92. The van der Waals surface area contributed by atoms with Gasteiger partial charge in [0.05, 0.1) is 12.8 Å². The minimum Gasteiger partial charge on any atom is -0.467 e. The van der Waals surface area contributed by atoms with Gasteiger partial charge in [-0.25, -0.2) is 9.18 Å². The van der Waals surface area contributed by atoms with Crippen molar-refractivity contribution in [2.45, 2.75) is 12.8 Å². The van der Waals surface area contributed by atoms with Gasteiger partial charge in [0.25, 0.3) is 0 Å². The summed E-state index contributed by atoms with van der Waals surface area (Å²) in [6.07, 6.45) is 0.787. The molecule has 0 atom stereocenters.